The summed E-state index contributed by atoms with van der Waals surface area (Å²) in [6, 6.07) is 5.80. The number of methoxy groups -OCH3 is 1. The maximum absolute atomic E-state index is 5.17. The third-order valence-electron chi connectivity index (χ3n) is 2.40. The first kappa shape index (κ1) is 9.90. The number of aromatic nitrogens is 2. The number of fused-ring (bicyclic) bond motifs is 1. The zero-order valence-electron chi connectivity index (χ0n) is 9.19. The molecule has 3 nitrogen and oxygen atoms in total. The number of pyridine rings is 2. The van der Waals surface area contributed by atoms with Crippen molar-refractivity contribution in [1.29, 1.82) is 0 Å². The second-order valence-corrected chi connectivity index (χ2v) is 3.78. The molecule has 0 aliphatic carbocycles. The molecule has 0 N–H and O–H groups in total. The molecule has 2 aromatic heterocycles. The first-order chi connectivity index (χ1) is 7.22. The Balaban J connectivity index is 2.74. The van der Waals surface area contributed by atoms with Gasteiger partial charge in [0.2, 0.25) is 5.88 Å². The van der Waals surface area contributed by atoms with Crippen LogP contribution in [0.2, 0.25) is 0 Å². The standard InChI is InChI=1S/C12H14N2O/c1-8(2)9-7-11(15-3)14-10-5-4-6-13-12(9)10/h4-8H,1-3H3. The van der Waals surface area contributed by atoms with Crippen molar-refractivity contribution in [2.24, 2.45) is 0 Å². The largest absolute Gasteiger partial charge is 0.481 e. The highest BCUT2D eigenvalue weighted by Crippen LogP contribution is 2.25. The molecule has 0 amide bonds. The van der Waals surface area contributed by atoms with Gasteiger partial charge >= 0.3 is 0 Å². The molecule has 0 spiro atoms. The SMILES string of the molecule is COc1cc(C(C)C)c2ncccc2n1. The summed E-state index contributed by atoms with van der Waals surface area (Å²) in [5.74, 6) is 1.07. The van der Waals surface area contributed by atoms with Gasteiger partial charge in [-0.1, -0.05) is 13.8 Å². The van der Waals surface area contributed by atoms with Crippen LogP contribution in [0.15, 0.2) is 24.4 Å². The van der Waals surface area contributed by atoms with Gasteiger partial charge < -0.3 is 4.74 Å². The molecule has 0 atom stereocenters. The van der Waals surface area contributed by atoms with Crippen molar-refractivity contribution in [1.82, 2.24) is 9.97 Å². The predicted molar refractivity (Wildman–Crippen MR) is 60.2 cm³/mol. The zero-order valence-corrected chi connectivity index (χ0v) is 9.19. The van der Waals surface area contributed by atoms with E-state index in [9.17, 15) is 0 Å². The van der Waals surface area contributed by atoms with E-state index in [0.29, 0.717) is 11.8 Å². The second-order valence-electron chi connectivity index (χ2n) is 3.78. The van der Waals surface area contributed by atoms with Crippen LogP contribution in [-0.4, -0.2) is 17.1 Å². The fourth-order valence-corrected chi connectivity index (χ4v) is 1.61. The van der Waals surface area contributed by atoms with Gasteiger partial charge in [0, 0.05) is 12.3 Å². The van der Waals surface area contributed by atoms with E-state index in [2.05, 4.69) is 23.8 Å². The van der Waals surface area contributed by atoms with Crippen LogP contribution in [0, 0.1) is 0 Å². The van der Waals surface area contributed by atoms with Gasteiger partial charge in [0.25, 0.3) is 0 Å². The van der Waals surface area contributed by atoms with E-state index in [1.54, 1.807) is 13.3 Å². The van der Waals surface area contributed by atoms with Crippen molar-refractivity contribution in [2.75, 3.05) is 7.11 Å². The molecule has 15 heavy (non-hydrogen) atoms. The minimum absolute atomic E-state index is 0.416. The molecule has 3 heteroatoms. The van der Waals surface area contributed by atoms with Gasteiger partial charge in [-0.25, -0.2) is 4.98 Å². The summed E-state index contributed by atoms with van der Waals surface area (Å²) < 4.78 is 5.17. The van der Waals surface area contributed by atoms with Gasteiger partial charge in [0.05, 0.1) is 18.1 Å². The van der Waals surface area contributed by atoms with E-state index < -0.39 is 0 Å². The Morgan fingerprint density at radius 2 is 2.13 bits per heavy atom. The van der Waals surface area contributed by atoms with Crippen LogP contribution < -0.4 is 4.74 Å². The van der Waals surface area contributed by atoms with Crippen LogP contribution in [0.3, 0.4) is 0 Å². The average Bonchev–Trinajstić information content (AvgIpc) is 2.27. The van der Waals surface area contributed by atoms with Crippen molar-refractivity contribution >= 4 is 11.0 Å². The topological polar surface area (TPSA) is 35.0 Å². The van der Waals surface area contributed by atoms with E-state index in [0.717, 1.165) is 11.0 Å². The molecule has 2 heterocycles. The highest BCUT2D eigenvalue weighted by atomic mass is 16.5. The van der Waals surface area contributed by atoms with E-state index in [1.807, 2.05) is 18.2 Å². The molecule has 0 aliphatic rings. The average molecular weight is 202 g/mol. The fraction of sp³-hybridized carbons (Fsp3) is 0.333. The van der Waals surface area contributed by atoms with Crippen LogP contribution in [0.25, 0.3) is 11.0 Å². The molecule has 0 saturated heterocycles. The van der Waals surface area contributed by atoms with Crippen molar-refractivity contribution in [3.8, 4) is 5.88 Å². The molecule has 2 rings (SSSR count). The first-order valence-corrected chi connectivity index (χ1v) is 5.02. The lowest BCUT2D eigenvalue weighted by atomic mass is 10.0. The van der Waals surface area contributed by atoms with Crippen LogP contribution in [0.4, 0.5) is 0 Å². The van der Waals surface area contributed by atoms with Gasteiger partial charge in [-0.3, -0.25) is 4.98 Å². The van der Waals surface area contributed by atoms with Gasteiger partial charge in [0.1, 0.15) is 0 Å². The second kappa shape index (κ2) is 3.85. The monoisotopic (exact) mass is 202 g/mol. The maximum Gasteiger partial charge on any atom is 0.213 e. The number of rotatable bonds is 2. The highest BCUT2D eigenvalue weighted by Gasteiger charge is 2.09. The third-order valence-corrected chi connectivity index (χ3v) is 2.40. The van der Waals surface area contributed by atoms with Crippen LogP contribution in [-0.2, 0) is 0 Å². The predicted octanol–water partition coefficient (Wildman–Crippen LogP) is 2.76. The quantitative estimate of drug-likeness (QED) is 0.751. The van der Waals surface area contributed by atoms with Crippen molar-refractivity contribution < 1.29 is 4.74 Å². The summed E-state index contributed by atoms with van der Waals surface area (Å²) in [6.07, 6.45) is 1.79. The molecule has 0 aliphatic heterocycles. The Bertz CT molecular complexity index is 480. The summed E-state index contributed by atoms with van der Waals surface area (Å²) in [5, 5.41) is 0. The molecule has 0 unspecified atom stereocenters. The minimum Gasteiger partial charge on any atom is -0.481 e. The van der Waals surface area contributed by atoms with Crippen molar-refractivity contribution in [2.45, 2.75) is 19.8 Å². The van der Waals surface area contributed by atoms with E-state index in [-0.39, 0.29) is 0 Å². The zero-order chi connectivity index (χ0) is 10.8. The van der Waals surface area contributed by atoms with Gasteiger partial charge in [-0.15, -0.1) is 0 Å². The number of hydrogen-bond acceptors (Lipinski definition) is 3. The van der Waals surface area contributed by atoms with Crippen molar-refractivity contribution in [3.63, 3.8) is 0 Å². The van der Waals surface area contributed by atoms with Crippen LogP contribution in [0.1, 0.15) is 25.3 Å². The fourth-order valence-electron chi connectivity index (χ4n) is 1.61. The highest BCUT2D eigenvalue weighted by molar-refractivity contribution is 5.78. The first-order valence-electron chi connectivity index (χ1n) is 5.02. The van der Waals surface area contributed by atoms with E-state index in [1.165, 1.54) is 5.56 Å². The van der Waals surface area contributed by atoms with Crippen LogP contribution >= 0.6 is 0 Å². The molecule has 0 saturated carbocycles. The van der Waals surface area contributed by atoms with E-state index in [4.69, 9.17) is 4.74 Å². The minimum atomic E-state index is 0.416. The number of nitrogens with zero attached hydrogens (tertiary/aromatic N) is 2. The number of ether oxygens (including phenoxy) is 1. The molecule has 0 radical (unpaired) electrons. The Morgan fingerprint density at radius 3 is 2.80 bits per heavy atom. The summed E-state index contributed by atoms with van der Waals surface area (Å²) in [6.45, 7) is 4.28. The number of hydrogen-bond donors (Lipinski definition) is 0. The molecular formula is C12H14N2O. The maximum atomic E-state index is 5.17. The summed E-state index contributed by atoms with van der Waals surface area (Å²) in [5.41, 5.74) is 3.03. The van der Waals surface area contributed by atoms with E-state index >= 15 is 0 Å². The molecule has 0 fully saturated rings. The lowest BCUT2D eigenvalue weighted by molar-refractivity contribution is 0.399. The summed E-state index contributed by atoms with van der Waals surface area (Å²) in [4.78, 5) is 8.71. The summed E-state index contributed by atoms with van der Waals surface area (Å²) in [7, 11) is 1.63. The Morgan fingerprint density at radius 1 is 1.33 bits per heavy atom. The molecular weight excluding hydrogens is 188 g/mol. The molecule has 0 aromatic carbocycles. The molecule has 2 aromatic rings. The normalized spacial score (nSPS) is 10.9. The Hall–Kier alpha value is -1.64. The lowest BCUT2D eigenvalue weighted by Crippen LogP contribution is -1.96. The van der Waals surface area contributed by atoms with Crippen LogP contribution in [0.5, 0.6) is 5.88 Å². The Labute approximate surface area is 89.1 Å². The third kappa shape index (κ3) is 1.77. The smallest absolute Gasteiger partial charge is 0.213 e. The van der Waals surface area contributed by atoms with Gasteiger partial charge in [-0.2, -0.15) is 0 Å². The summed E-state index contributed by atoms with van der Waals surface area (Å²) >= 11 is 0. The van der Waals surface area contributed by atoms with Gasteiger partial charge in [0.15, 0.2) is 0 Å². The Kier molecular flexibility index (Phi) is 2.54. The molecule has 78 valence electrons. The van der Waals surface area contributed by atoms with Crippen molar-refractivity contribution in [3.05, 3.63) is 30.0 Å². The van der Waals surface area contributed by atoms with Gasteiger partial charge in [-0.05, 0) is 23.6 Å². The lowest BCUT2D eigenvalue weighted by Gasteiger charge is -2.10. The molecule has 0 bridgehead atoms.